The van der Waals surface area contributed by atoms with Gasteiger partial charge in [0.2, 0.25) is 0 Å². The number of hydrogen-bond donors (Lipinski definition) is 1. The summed E-state index contributed by atoms with van der Waals surface area (Å²) in [7, 11) is 2.04. The van der Waals surface area contributed by atoms with Crippen molar-refractivity contribution in [3.8, 4) is 0 Å². The van der Waals surface area contributed by atoms with Gasteiger partial charge in [0.25, 0.3) is 0 Å². The molecule has 1 unspecified atom stereocenters. The largest absolute Gasteiger partial charge is 0.369 e. The fourth-order valence-corrected chi connectivity index (χ4v) is 3.10. The van der Waals surface area contributed by atoms with Gasteiger partial charge in [0.1, 0.15) is 0 Å². The van der Waals surface area contributed by atoms with Crippen LogP contribution in [0.1, 0.15) is 18.1 Å². The number of anilines is 1. The number of nitrogens with zero attached hydrogens (tertiary/aromatic N) is 2. The monoisotopic (exact) mass is 275 g/mol. The maximum absolute atomic E-state index is 3.27. The topological polar surface area (TPSA) is 18.5 Å². The van der Waals surface area contributed by atoms with Crippen molar-refractivity contribution in [2.75, 3.05) is 51.2 Å². The zero-order chi connectivity index (χ0) is 14.5. The first-order valence-electron chi connectivity index (χ1n) is 7.80. The molecule has 20 heavy (non-hydrogen) atoms. The number of piperazine rings is 1. The van der Waals surface area contributed by atoms with Gasteiger partial charge in [0, 0.05) is 38.4 Å². The van der Waals surface area contributed by atoms with Crippen LogP contribution in [-0.4, -0.2) is 51.2 Å². The smallest absolute Gasteiger partial charge is 0.0399 e. The van der Waals surface area contributed by atoms with E-state index in [-0.39, 0.29) is 0 Å². The van der Waals surface area contributed by atoms with Crippen molar-refractivity contribution in [3.05, 3.63) is 29.3 Å². The lowest BCUT2D eigenvalue weighted by atomic mass is 10.1. The summed E-state index contributed by atoms with van der Waals surface area (Å²) in [6.45, 7) is 13.8. The average molecular weight is 275 g/mol. The molecule has 0 amide bonds. The van der Waals surface area contributed by atoms with Crippen molar-refractivity contribution in [3.63, 3.8) is 0 Å². The number of benzene rings is 1. The summed E-state index contributed by atoms with van der Waals surface area (Å²) < 4.78 is 0. The molecular formula is C17H29N3. The second kappa shape index (κ2) is 7.09. The first-order valence-corrected chi connectivity index (χ1v) is 7.80. The summed E-state index contributed by atoms with van der Waals surface area (Å²) in [4.78, 5) is 5.14. The summed E-state index contributed by atoms with van der Waals surface area (Å²) in [5.74, 6) is 0.729. The first kappa shape index (κ1) is 15.3. The minimum atomic E-state index is 0.729. The molecule has 0 bridgehead atoms. The Balaban J connectivity index is 1.89. The Kier molecular flexibility index (Phi) is 5.44. The van der Waals surface area contributed by atoms with Crippen LogP contribution < -0.4 is 10.2 Å². The Bertz CT molecular complexity index is 422. The van der Waals surface area contributed by atoms with Gasteiger partial charge in [-0.3, -0.25) is 4.90 Å². The highest BCUT2D eigenvalue weighted by atomic mass is 15.3. The second-order valence-corrected chi connectivity index (χ2v) is 6.17. The van der Waals surface area contributed by atoms with Crippen LogP contribution in [0.3, 0.4) is 0 Å². The summed E-state index contributed by atoms with van der Waals surface area (Å²) in [5.41, 5.74) is 4.25. The zero-order valence-corrected chi connectivity index (χ0v) is 13.4. The number of aryl methyl sites for hydroxylation is 1. The van der Waals surface area contributed by atoms with E-state index in [0.29, 0.717) is 0 Å². The predicted molar refractivity (Wildman–Crippen MR) is 87.7 cm³/mol. The highest BCUT2D eigenvalue weighted by Crippen LogP contribution is 2.23. The molecule has 1 aliphatic rings. The molecular weight excluding hydrogens is 246 g/mol. The molecule has 1 atom stereocenters. The molecule has 1 aromatic rings. The van der Waals surface area contributed by atoms with Crippen LogP contribution in [0.4, 0.5) is 5.69 Å². The molecule has 2 rings (SSSR count). The molecule has 1 saturated heterocycles. The van der Waals surface area contributed by atoms with Crippen molar-refractivity contribution in [2.45, 2.75) is 20.8 Å². The molecule has 1 aromatic carbocycles. The molecule has 0 saturated carbocycles. The van der Waals surface area contributed by atoms with Crippen molar-refractivity contribution < 1.29 is 0 Å². The maximum Gasteiger partial charge on any atom is 0.0399 e. The van der Waals surface area contributed by atoms with E-state index in [1.807, 2.05) is 7.05 Å². The van der Waals surface area contributed by atoms with E-state index in [1.165, 1.54) is 36.4 Å². The Morgan fingerprint density at radius 1 is 1.15 bits per heavy atom. The van der Waals surface area contributed by atoms with E-state index in [4.69, 9.17) is 0 Å². The minimum absolute atomic E-state index is 0.729. The van der Waals surface area contributed by atoms with Crippen LogP contribution in [0.2, 0.25) is 0 Å². The van der Waals surface area contributed by atoms with Gasteiger partial charge in [-0.1, -0.05) is 19.1 Å². The molecule has 3 nitrogen and oxygen atoms in total. The van der Waals surface area contributed by atoms with E-state index in [0.717, 1.165) is 25.6 Å². The SMILES string of the molecule is CNCC(C)CN1CCN(c2cccc(C)c2C)CC1. The van der Waals surface area contributed by atoms with Gasteiger partial charge in [-0.25, -0.2) is 0 Å². The van der Waals surface area contributed by atoms with Crippen LogP contribution in [0.5, 0.6) is 0 Å². The summed E-state index contributed by atoms with van der Waals surface area (Å²) in [6, 6.07) is 6.65. The molecule has 0 spiro atoms. The van der Waals surface area contributed by atoms with Gasteiger partial charge >= 0.3 is 0 Å². The highest BCUT2D eigenvalue weighted by molar-refractivity contribution is 5.56. The van der Waals surface area contributed by atoms with Gasteiger partial charge in [-0.2, -0.15) is 0 Å². The molecule has 0 aromatic heterocycles. The van der Waals surface area contributed by atoms with Crippen molar-refractivity contribution in [1.82, 2.24) is 10.2 Å². The van der Waals surface area contributed by atoms with E-state index < -0.39 is 0 Å². The van der Waals surface area contributed by atoms with E-state index in [9.17, 15) is 0 Å². The van der Waals surface area contributed by atoms with E-state index in [2.05, 4.69) is 54.1 Å². The van der Waals surface area contributed by atoms with Crippen LogP contribution in [0, 0.1) is 19.8 Å². The lowest BCUT2D eigenvalue weighted by Crippen LogP contribution is -2.48. The van der Waals surface area contributed by atoms with Gasteiger partial charge in [0.05, 0.1) is 0 Å². The van der Waals surface area contributed by atoms with Crippen LogP contribution in [0.25, 0.3) is 0 Å². The van der Waals surface area contributed by atoms with Gasteiger partial charge < -0.3 is 10.2 Å². The average Bonchev–Trinajstić information content (AvgIpc) is 2.43. The zero-order valence-electron chi connectivity index (χ0n) is 13.4. The first-order chi connectivity index (χ1) is 9.61. The van der Waals surface area contributed by atoms with Gasteiger partial charge in [0.15, 0.2) is 0 Å². The Hall–Kier alpha value is -1.06. The predicted octanol–water partition coefficient (Wildman–Crippen LogP) is 2.28. The van der Waals surface area contributed by atoms with Crippen molar-refractivity contribution in [1.29, 1.82) is 0 Å². The van der Waals surface area contributed by atoms with Crippen molar-refractivity contribution >= 4 is 5.69 Å². The molecule has 112 valence electrons. The molecule has 1 N–H and O–H groups in total. The maximum atomic E-state index is 3.27. The lowest BCUT2D eigenvalue weighted by molar-refractivity contribution is 0.224. The van der Waals surface area contributed by atoms with Crippen LogP contribution in [-0.2, 0) is 0 Å². The number of rotatable bonds is 5. The Morgan fingerprint density at radius 2 is 1.85 bits per heavy atom. The van der Waals surface area contributed by atoms with Crippen molar-refractivity contribution in [2.24, 2.45) is 5.92 Å². The number of hydrogen-bond acceptors (Lipinski definition) is 3. The molecule has 3 heteroatoms. The fourth-order valence-electron chi connectivity index (χ4n) is 3.10. The molecule has 0 aliphatic carbocycles. The van der Waals surface area contributed by atoms with Gasteiger partial charge in [-0.15, -0.1) is 0 Å². The Morgan fingerprint density at radius 3 is 2.50 bits per heavy atom. The van der Waals surface area contributed by atoms with Crippen LogP contribution in [0.15, 0.2) is 18.2 Å². The molecule has 0 radical (unpaired) electrons. The van der Waals surface area contributed by atoms with E-state index in [1.54, 1.807) is 0 Å². The third-order valence-electron chi connectivity index (χ3n) is 4.41. The minimum Gasteiger partial charge on any atom is -0.369 e. The molecule has 1 aliphatic heterocycles. The highest BCUT2D eigenvalue weighted by Gasteiger charge is 2.19. The van der Waals surface area contributed by atoms with Crippen LogP contribution >= 0.6 is 0 Å². The molecule has 1 fully saturated rings. The Labute approximate surface area is 124 Å². The fraction of sp³-hybridized carbons (Fsp3) is 0.647. The quantitative estimate of drug-likeness (QED) is 0.889. The van der Waals surface area contributed by atoms with Gasteiger partial charge in [-0.05, 0) is 50.6 Å². The third-order valence-corrected chi connectivity index (χ3v) is 4.41. The summed E-state index contributed by atoms with van der Waals surface area (Å²) in [5, 5.41) is 3.27. The molecule has 1 heterocycles. The lowest BCUT2D eigenvalue weighted by Gasteiger charge is -2.38. The number of nitrogens with one attached hydrogen (secondary N) is 1. The second-order valence-electron chi connectivity index (χ2n) is 6.17. The standard InChI is InChI=1S/C17H29N3/c1-14(12-18-4)13-19-8-10-20(11-9-19)17-7-5-6-15(2)16(17)3/h5-7,14,18H,8-13H2,1-4H3. The normalized spacial score (nSPS) is 18.3. The summed E-state index contributed by atoms with van der Waals surface area (Å²) in [6.07, 6.45) is 0. The summed E-state index contributed by atoms with van der Waals surface area (Å²) >= 11 is 0. The third kappa shape index (κ3) is 3.74. The van der Waals surface area contributed by atoms with E-state index >= 15 is 0 Å².